The van der Waals surface area contributed by atoms with Crippen LogP contribution in [0.3, 0.4) is 0 Å². The Kier molecular flexibility index (Phi) is 4.73. The molecule has 1 fully saturated rings. The molecule has 0 aromatic carbocycles. The SMILES string of the molecule is CCc1cc(C)c(C(=O)N2CCS(=O)(=O)C[C@H]2c2cnn(CC)c2)o1. The number of rotatable bonds is 4. The summed E-state index contributed by atoms with van der Waals surface area (Å²) in [5, 5.41) is 4.22. The molecule has 1 amide bonds. The number of furan rings is 1. The molecule has 136 valence electrons. The minimum Gasteiger partial charge on any atom is -0.456 e. The molecule has 0 aliphatic carbocycles. The van der Waals surface area contributed by atoms with Crippen LogP contribution >= 0.6 is 0 Å². The third kappa shape index (κ3) is 3.49. The predicted molar refractivity (Wildman–Crippen MR) is 93.2 cm³/mol. The van der Waals surface area contributed by atoms with E-state index in [0.29, 0.717) is 18.7 Å². The van der Waals surface area contributed by atoms with Gasteiger partial charge in [-0.2, -0.15) is 5.10 Å². The van der Waals surface area contributed by atoms with E-state index in [1.165, 1.54) is 0 Å². The molecular weight excluding hydrogens is 342 g/mol. The van der Waals surface area contributed by atoms with Crippen molar-refractivity contribution in [3.05, 3.63) is 41.1 Å². The van der Waals surface area contributed by atoms with Crippen molar-refractivity contribution in [2.45, 2.75) is 39.8 Å². The van der Waals surface area contributed by atoms with Gasteiger partial charge in [0, 0.05) is 36.8 Å². The van der Waals surface area contributed by atoms with Gasteiger partial charge in [0.25, 0.3) is 5.91 Å². The van der Waals surface area contributed by atoms with Crippen molar-refractivity contribution in [3.63, 3.8) is 0 Å². The molecule has 0 spiro atoms. The van der Waals surface area contributed by atoms with E-state index in [4.69, 9.17) is 4.42 Å². The summed E-state index contributed by atoms with van der Waals surface area (Å²) in [6.07, 6.45) is 4.15. The lowest BCUT2D eigenvalue weighted by molar-refractivity contribution is 0.0662. The topological polar surface area (TPSA) is 85.4 Å². The van der Waals surface area contributed by atoms with Crippen molar-refractivity contribution >= 4 is 15.7 Å². The predicted octanol–water partition coefficient (Wildman–Crippen LogP) is 1.98. The highest BCUT2D eigenvalue weighted by atomic mass is 32.2. The summed E-state index contributed by atoms with van der Waals surface area (Å²) in [5.41, 5.74) is 1.51. The van der Waals surface area contributed by atoms with Gasteiger partial charge in [-0.15, -0.1) is 0 Å². The zero-order valence-electron chi connectivity index (χ0n) is 14.7. The number of hydrogen-bond donors (Lipinski definition) is 0. The van der Waals surface area contributed by atoms with E-state index in [1.54, 1.807) is 22.0 Å². The first-order valence-corrected chi connectivity index (χ1v) is 10.3. The molecule has 2 aromatic heterocycles. The van der Waals surface area contributed by atoms with E-state index in [9.17, 15) is 13.2 Å². The van der Waals surface area contributed by atoms with E-state index in [2.05, 4.69) is 5.10 Å². The molecule has 7 nitrogen and oxygen atoms in total. The summed E-state index contributed by atoms with van der Waals surface area (Å²) in [7, 11) is -3.20. The quantitative estimate of drug-likeness (QED) is 0.827. The summed E-state index contributed by atoms with van der Waals surface area (Å²) >= 11 is 0. The maximum Gasteiger partial charge on any atom is 0.290 e. The zero-order valence-corrected chi connectivity index (χ0v) is 15.5. The maximum absolute atomic E-state index is 13.0. The summed E-state index contributed by atoms with van der Waals surface area (Å²) < 4.78 is 31.7. The summed E-state index contributed by atoms with van der Waals surface area (Å²) in [6, 6.07) is 1.32. The first kappa shape index (κ1) is 17.7. The Morgan fingerprint density at radius 1 is 1.40 bits per heavy atom. The normalized spacial score (nSPS) is 20.0. The summed E-state index contributed by atoms with van der Waals surface area (Å²) in [5.74, 6) is 0.665. The van der Waals surface area contributed by atoms with Gasteiger partial charge in [-0.25, -0.2) is 8.42 Å². The Morgan fingerprint density at radius 2 is 2.16 bits per heavy atom. The smallest absolute Gasteiger partial charge is 0.290 e. The highest BCUT2D eigenvalue weighted by Crippen LogP contribution is 2.29. The molecule has 0 N–H and O–H groups in total. The van der Waals surface area contributed by atoms with Crippen LogP contribution < -0.4 is 0 Å². The van der Waals surface area contributed by atoms with Crippen molar-refractivity contribution in [1.29, 1.82) is 0 Å². The average Bonchev–Trinajstić information content (AvgIpc) is 3.19. The van der Waals surface area contributed by atoms with Crippen LogP contribution in [0.2, 0.25) is 0 Å². The van der Waals surface area contributed by atoms with Gasteiger partial charge in [0.15, 0.2) is 15.6 Å². The Bertz CT molecular complexity index is 882. The Hall–Kier alpha value is -2.09. The van der Waals surface area contributed by atoms with Crippen LogP contribution in [0.25, 0.3) is 0 Å². The molecule has 1 aliphatic rings. The van der Waals surface area contributed by atoms with Crippen molar-refractivity contribution in [3.8, 4) is 0 Å². The van der Waals surface area contributed by atoms with Crippen molar-refractivity contribution in [1.82, 2.24) is 14.7 Å². The van der Waals surface area contributed by atoms with Crippen LogP contribution in [-0.2, 0) is 22.8 Å². The van der Waals surface area contributed by atoms with E-state index in [0.717, 1.165) is 16.9 Å². The lowest BCUT2D eigenvalue weighted by atomic mass is 10.1. The molecule has 0 saturated carbocycles. The molecule has 1 aliphatic heterocycles. The molecule has 0 unspecified atom stereocenters. The maximum atomic E-state index is 13.0. The molecule has 3 rings (SSSR count). The molecule has 8 heteroatoms. The highest BCUT2D eigenvalue weighted by molar-refractivity contribution is 7.91. The number of nitrogens with zero attached hydrogens (tertiary/aromatic N) is 3. The van der Waals surface area contributed by atoms with E-state index < -0.39 is 15.9 Å². The molecule has 1 saturated heterocycles. The van der Waals surface area contributed by atoms with E-state index in [-0.39, 0.29) is 24.0 Å². The van der Waals surface area contributed by atoms with Gasteiger partial charge in [0.05, 0.1) is 23.7 Å². The second-order valence-corrected chi connectivity index (χ2v) is 8.57. The number of carbonyl (C=O) groups is 1. The van der Waals surface area contributed by atoms with Crippen LogP contribution in [0.4, 0.5) is 0 Å². The van der Waals surface area contributed by atoms with Crippen molar-refractivity contribution < 1.29 is 17.6 Å². The number of carbonyl (C=O) groups excluding carboxylic acids is 1. The fraction of sp³-hybridized carbons (Fsp3) is 0.529. The molecule has 3 heterocycles. The van der Waals surface area contributed by atoms with Crippen LogP contribution in [0.5, 0.6) is 0 Å². The monoisotopic (exact) mass is 365 g/mol. The lowest BCUT2D eigenvalue weighted by Gasteiger charge is -2.34. The number of aryl methyl sites for hydroxylation is 3. The van der Waals surface area contributed by atoms with Crippen LogP contribution in [0.1, 0.15) is 47.3 Å². The van der Waals surface area contributed by atoms with Crippen molar-refractivity contribution in [2.24, 2.45) is 0 Å². The first-order chi connectivity index (χ1) is 11.8. The van der Waals surface area contributed by atoms with Crippen LogP contribution in [-0.4, -0.2) is 47.1 Å². The lowest BCUT2D eigenvalue weighted by Crippen LogP contribution is -2.46. The minimum atomic E-state index is -3.20. The van der Waals surface area contributed by atoms with Crippen LogP contribution in [0, 0.1) is 6.92 Å². The second kappa shape index (κ2) is 6.67. The fourth-order valence-corrected chi connectivity index (χ4v) is 4.61. The molecule has 25 heavy (non-hydrogen) atoms. The van der Waals surface area contributed by atoms with Gasteiger partial charge < -0.3 is 9.32 Å². The van der Waals surface area contributed by atoms with Gasteiger partial charge in [-0.05, 0) is 19.9 Å². The standard InChI is InChI=1S/C17H23N3O4S/c1-4-14-8-12(3)16(24-14)17(21)20-6-7-25(22,23)11-15(20)13-9-18-19(5-2)10-13/h8-10,15H,4-7,11H2,1-3H3/t15-/m0/s1. The third-order valence-electron chi connectivity index (χ3n) is 4.57. The van der Waals surface area contributed by atoms with E-state index >= 15 is 0 Å². The van der Waals surface area contributed by atoms with Crippen molar-refractivity contribution in [2.75, 3.05) is 18.1 Å². The molecule has 1 atom stereocenters. The van der Waals surface area contributed by atoms with Gasteiger partial charge in [0.2, 0.25) is 0 Å². The first-order valence-electron chi connectivity index (χ1n) is 8.47. The Balaban J connectivity index is 1.96. The number of amides is 1. The molecule has 0 radical (unpaired) electrons. The average molecular weight is 365 g/mol. The molecular formula is C17H23N3O4S. The summed E-state index contributed by atoms with van der Waals surface area (Å²) in [4.78, 5) is 14.6. The minimum absolute atomic E-state index is 0.0302. The zero-order chi connectivity index (χ0) is 18.2. The third-order valence-corrected chi connectivity index (χ3v) is 6.19. The van der Waals surface area contributed by atoms with Gasteiger partial charge >= 0.3 is 0 Å². The second-order valence-electron chi connectivity index (χ2n) is 6.34. The van der Waals surface area contributed by atoms with Gasteiger partial charge in [-0.3, -0.25) is 9.48 Å². The molecule has 2 aromatic rings. The molecule has 0 bridgehead atoms. The Morgan fingerprint density at radius 3 is 2.76 bits per heavy atom. The Labute approximate surface area is 147 Å². The van der Waals surface area contributed by atoms with Gasteiger partial charge in [-0.1, -0.05) is 6.92 Å². The van der Waals surface area contributed by atoms with Crippen LogP contribution in [0.15, 0.2) is 22.9 Å². The fourth-order valence-electron chi connectivity index (χ4n) is 3.12. The number of hydrogen-bond acceptors (Lipinski definition) is 5. The van der Waals surface area contributed by atoms with Gasteiger partial charge in [0.1, 0.15) is 5.76 Å². The number of sulfone groups is 1. The summed E-state index contributed by atoms with van der Waals surface area (Å²) in [6.45, 7) is 6.59. The largest absolute Gasteiger partial charge is 0.456 e. The highest BCUT2D eigenvalue weighted by Gasteiger charge is 2.37. The van der Waals surface area contributed by atoms with E-state index in [1.807, 2.05) is 26.8 Å². The number of aromatic nitrogens is 2.